The Balaban J connectivity index is 2.28. The number of carbonyl (C=O) groups is 2. The summed E-state index contributed by atoms with van der Waals surface area (Å²) >= 11 is 3.55. The van der Waals surface area contributed by atoms with Gasteiger partial charge in [-0.25, -0.2) is 0 Å². The van der Waals surface area contributed by atoms with E-state index in [0.717, 1.165) is 22.9 Å². The molecule has 138 valence electrons. The molecule has 0 radical (unpaired) electrons. The average Bonchev–Trinajstić information content (AvgIpc) is 2.65. The maximum absolute atomic E-state index is 12.1. The van der Waals surface area contributed by atoms with E-state index in [4.69, 9.17) is 0 Å². The fraction of sp³-hybridized carbons (Fsp3) is 0.391. The lowest BCUT2D eigenvalue weighted by atomic mass is 9.87. The molecule has 2 rings (SSSR count). The standard InChI is InChI=1S/C23H27BrO2/c1-15(2)22(25)19-9-5-17(6-10-19)21(13-14-24)18-7-11-20(12-8-18)23(26)16(3)4/h5-12,15-16,21H,13-14H2,1-4H3. The lowest BCUT2D eigenvalue weighted by Gasteiger charge is -2.18. The average molecular weight is 415 g/mol. The van der Waals surface area contributed by atoms with E-state index in [9.17, 15) is 9.59 Å². The second-order valence-corrected chi connectivity index (χ2v) is 8.11. The highest BCUT2D eigenvalue weighted by Gasteiger charge is 2.17. The molecule has 0 amide bonds. The molecule has 0 saturated heterocycles. The van der Waals surface area contributed by atoms with Crippen LogP contribution >= 0.6 is 15.9 Å². The van der Waals surface area contributed by atoms with Gasteiger partial charge in [0.25, 0.3) is 0 Å². The number of carbonyl (C=O) groups excluding carboxylic acids is 2. The molecule has 2 nitrogen and oxygen atoms in total. The summed E-state index contributed by atoms with van der Waals surface area (Å²) in [7, 11) is 0. The van der Waals surface area contributed by atoms with Gasteiger partial charge in [0.2, 0.25) is 0 Å². The van der Waals surface area contributed by atoms with E-state index in [0.29, 0.717) is 0 Å². The van der Waals surface area contributed by atoms with Gasteiger partial charge in [0, 0.05) is 34.2 Å². The Kier molecular flexibility index (Phi) is 7.33. The topological polar surface area (TPSA) is 34.1 Å². The Bertz CT molecular complexity index is 679. The Morgan fingerprint density at radius 2 is 1.08 bits per heavy atom. The van der Waals surface area contributed by atoms with Crippen molar-refractivity contribution in [2.75, 3.05) is 5.33 Å². The number of hydrogen-bond donors (Lipinski definition) is 0. The fourth-order valence-electron chi connectivity index (χ4n) is 3.06. The maximum atomic E-state index is 12.1. The van der Waals surface area contributed by atoms with Crippen molar-refractivity contribution in [2.45, 2.75) is 40.0 Å². The Labute approximate surface area is 165 Å². The van der Waals surface area contributed by atoms with Crippen LogP contribution < -0.4 is 0 Å². The van der Waals surface area contributed by atoms with E-state index in [1.165, 1.54) is 11.1 Å². The zero-order chi connectivity index (χ0) is 19.3. The summed E-state index contributed by atoms with van der Waals surface area (Å²) < 4.78 is 0. The highest BCUT2D eigenvalue weighted by atomic mass is 79.9. The molecule has 0 aliphatic heterocycles. The third kappa shape index (κ3) is 4.91. The van der Waals surface area contributed by atoms with Crippen LogP contribution in [0.25, 0.3) is 0 Å². The molecule has 2 aromatic carbocycles. The Morgan fingerprint density at radius 3 is 1.35 bits per heavy atom. The predicted molar refractivity (Wildman–Crippen MR) is 111 cm³/mol. The van der Waals surface area contributed by atoms with Crippen LogP contribution in [-0.2, 0) is 0 Å². The van der Waals surface area contributed by atoms with Crippen LogP contribution in [-0.4, -0.2) is 16.9 Å². The highest BCUT2D eigenvalue weighted by molar-refractivity contribution is 9.09. The second kappa shape index (κ2) is 9.27. The minimum Gasteiger partial charge on any atom is -0.294 e. The van der Waals surface area contributed by atoms with Crippen molar-refractivity contribution < 1.29 is 9.59 Å². The van der Waals surface area contributed by atoms with Gasteiger partial charge in [0.1, 0.15) is 0 Å². The molecular formula is C23H27BrO2. The highest BCUT2D eigenvalue weighted by Crippen LogP contribution is 2.30. The van der Waals surface area contributed by atoms with Crippen LogP contribution in [0.5, 0.6) is 0 Å². The smallest absolute Gasteiger partial charge is 0.165 e. The molecule has 0 atom stereocenters. The Morgan fingerprint density at radius 1 is 0.731 bits per heavy atom. The third-order valence-electron chi connectivity index (χ3n) is 4.64. The summed E-state index contributed by atoms with van der Waals surface area (Å²) in [6.07, 6.45) is 0.953. The quantitative estimate of drug-likeness (QED) is 0.376. The van der Waals surface area contributed by atoms with Crippen molar-refractivity contribution in [3.63, 3.8) is 0 Å². The van der Waals surface area contributed by atoms with E-state index in [2.05, 4.69) is 40.2 Å². The van der Waals surface area contributed by atoms with Crippen LogP contribution in [0, 0.1) is 11.8 Å². The largest absolute Gasteiger partial charge is 0.294 e. The molecule has 2 aromatic rings. The van der Waals surface area contributed by atoms with Crippen LogP contribution in [0.2, 0.25) is 0 Å². The first kappa shape index (κ1) is 20.6. The second-order valence-electron chi connectivity index (χ2n) is 7.31. The molecule has 0 N–H and O–H groups in total. The van der Waals surface area contributed by atoms with E-state index < -0.39 is 0 Å². The third-order valence-corrected chi connectivity index (χ3v) is 5.10. The van der Waals surface area contributed by atoms with E-state index in [1.807, 2.05) is 52.0 Å². The van der Waals surface area contributed by atoms with Crippen LogP contribution in [0.4, 0.5) is 0 Å². The lowest BCUT2D eigenvalue weighted by molar-refractivity contribution is 0.0932. The van der Waals surface area contributed by atoms with Crippen molar-refractivity contribution >= 4 is 27.5 Å². The zero-order valence-corrected chi connectivity index (χ0v) is 17.5. The number of Topliss-reactive ketones (excluding diaryl/α,β-unsaturated/α-hetero) is 2. The van der Waals surface area contributed by atoms with Crippen molar-refractivity contribution in [1.29, 1.82) is 0 Å². The van der Waals surface area contributed by atoms with Gasteiger partial charge in [-0.3, -0.25) is 9.59 Å². The molecule has 26 heavy (non-hydrogen) atoms. The molecule has 0 bridgehead atoms. The minimum absolute atomic E-state index is 0.00484. The normalized spacial score (nSPS) is 11.4. The minimum atomic E-state index is 0.00484. The van der Waals surface area contributed by atoms with Gasteiger partial charge in [-0.2, -0.15) is 0 Å². The van der Waals surface area contributed by atoms with Crippen molar-refractivity contribution in [3.8, 4) is 0 Å². The molecule has 0 aromatic heterocycles. The van der Waals surface area contributed by atoms with E-state index >= 15 is 0 Å². The van der Waals surface area contributed by atoms with Crippen molar-refractivity contribution in [3.05, 3.63) is 70.8 Å². The molecule has 0 fully saturated rings. The predicted octanol–water partition coefficient (Wildman–Crippen LogP) is 6.28. The molecular weight excluding hydrogens is 388 g/mol. The first-order chi connectivity index (χ1) is 12.3. The monoisotopic (exact) mass is 414 g/mol. The number of ketones is 2. The van der Waals surface area contributed by atoms with E-state index in [1.54, 1.807) is 0 Å². The SMILES string of the molecule is CC(C)C(=O)c1ccc(C(CCBr)c2ccc(C(=O)C(C)C)cc2)cc1. The molecule has 0 saturated carbocycles. The number of benzene rings is 2. The van der Waals surface area contributed by atoms with Crippen LogP contribution in [0.3, 0.4) is 0 Å². The lowest BCUT2D eigenvalue weighted by Crippen LogP contribution is -2.09. The summed E-state index contributed by atoms with van der Waals surface area (Å²) in [5.41, 5.74) is 3.90. The summed E-state index contributed by atoms with van der Waals surface area (Å²) in [6.45, 7) is 7.68. The molecule has 0 aliphatic rings. The van der Waals surface area contributed by atoms with Gasteiger partial charge in [0.05, 0.1) is 0 Å². The van der Waals surface area contributed by atoms with Crippen molar-refractivity contribution in [1.82, 2.24) is 0 Å². The summed E-state index contributed by atoms with van der Waals surface area (Å²) in [4.78, 5) is 24.3. The van der Waals surface area contributed by atoms with Gasteiger partial charge >= 0.3 is 0 Å². The zero-order valence-electron chi connectivity index (χ0n) is 16.0. The van der Waals surface area contributed by atoms with Gasteiger partial charge < -0.3 is 0 Å². The Hall–Kier alpha value is -1.74. The molecule has 0 aliphatic carbocycles. The molecule has 0 heterocycles. The molecule has 0 unspecified atom stereocenters. The first-order valence-corrected chi connectivity index (χ1v) is 10.3. The summed E-state index contributed by atoms with van der Waals surface area (Å²) in [6, 6.07) is 15.9. The fourth-order valence-corrected chi connectivity index (χ4v) is 3.52. The number of hydrogen-bond acceptors (Lipinski definition) is 2. The van der Waals surface area contributed by atoms with Gasteiger partial charge in [0.15, 0.2) is 11.6 Å². The number of rotatable bonds is 8. The van der Waals surface area contributed by atoms with Gasteiger partial charge in [-0.15, -0.1) is 0 Å². The maximum Gasteiger partial charge on any atom is 0.165 e. The number of alkyl halides is 1. The number of halogens is 1. The van der Waals surface area contributed by atoms with Crippen LogP contribution in [0.1, 0.15) is 71.9 Å². The molecule has 3 heteroatoms. The van der Waals surface area contributed by atoms with Gasteiger partial charge in [-0.1, -0.05) is 92.2 Å². The summed E-state index contributed by atoms with van der Waals surface area (Å²) in [5, 5.41) is 0.886. The van der Waals surface area contributed by atoms with Crippen molar-refractivity contribution in [2.24, 2.45) is 11.8 Å². The van der Waals surface area contributed by atoms with Gasteiger partial charge in [-0.05, 0) is 17.5 Å². The first-order valence-electron chi connectivity index (χ1n) is 9.19. The van der Waals surface area contributed by atoms with E-state index in [-0.39, 0.29) is 29.3 Å². The summed E-state index contributed by atoms with van der Waals surface area (Å²) in [5.74, 6) is 0.589. The van der Waals surface area contributed by atoms with Crippen LogP contribution in [0.15, 0.2) is 48.5 Å². The molecule has 0 spiro atoms.